The van der Waals surface area contributed by atoms with Crippen LogP contribution < -0.4 is 9.80 Å². The van der Waals surface area contributed by atoms with Crippen molar-refractivity contribution >= 4 is 27.4 Å². The van der Waals surface area contributed by atoms with Crippen molar-refractivity contribution in [1.29, 1.82) is 0 Å². The third-order valence-corrected chi connectivity index (χ3v) is 5.46. The van der Waals surface area contributed by atoms with Crippen molar-refractivity contribution in [3.8, 4) is 0 Å². The lowest BCUT2D eigenvalue weighted by atomic mass is 10.2. The highest BCUT2D eigenvalue weighted by atomic mass is 32.1. The van der Waals surface area contributed by atoms with Crippen molar-refractivity contribution in [2.75, 3.05) is 31.1 Å². The van der Waals surface area contributed by atoms with Crippen LogP contribution in [0.4, 0.5) is 5.82 Å². The molecule has 1 N–H and O–H groups in total. The van der Waals surface area contributed by atoms with E-state index < -0.39 is 0 Å². The number of quaternary nitrogens is 1. The van der Waals surface area contributed by atoms with Gasteiger partial charge in [0.25, 0.3) is 0 Å². The minimum Gasteiger partial charge on any atom is -0.345 e. The first kappa shape index (κ1) is 14.6. The molecule has 5 heteroatoms. The fourth-order valence-corrected chi connectivity index (χ4v) is 4.15. The highest BCUT2D eigenvalue weighted by Gasteiger charge is 2.23. The molecule has 3 aromatic rings. The molecular formula is C18H21N4S+. The summed E-state index contributed by atoms with van der Waals surface area (Å²) in [6.45, 7) is 7.68. The number of nitrogens with one attached hydrogen (secondary N) is 1. The summed E-state index contributed by atoms with van der Waals surface area (Å²) in [4.78, 5) is 15.4. The highest BCUT2D eigenvalue weighted by molar-refractivity contribution is 7.18. The standard InChI is InChI=1S/C18H20N4S/c1-14-11-16-17(19-13-20-18(16)23-14)22-9-7-21(8-10-22)12-15-5-3-2-4-6-15/h2-6,11,13H,7-10,12H2,1H3/p+1. The van der Waals surface area contributed by atoms with E-state index in [2.05, 4.69) is 58.2 Å². The summed E-state index contributed by atoms with van der Waals surface area (Å²) in [5.74, 6) is 1.11. The molecule has 4 nitrogen and oxygen atoms in total. The maximum absolute atomic E-state index is 4.57. The van der Waals surface area contributed by atoms with Gasteiger partial charge in [0, 0.05) is 10.4 Å². The van der Waals surface area contributed by atoms with Gasteiger partial charge in [-0.3, -0.25) is 0 Å². The molecule has 4 rings (SSSR count). The van der Waals surface area contributed by atoms with Gasteiger partial charge in [0.1, 0.15) is 23.5 Å². The molecule has 0 spiro atoms. The Bertz CT molecular complexity index is 791. The van der Waals surface area contributed by atoms with Gasteiger partial charge in [-0.1, -0.05) is 30.3 Å². The lowest BCUT2D eigenvalue weighted by molar-refractivity contribution is -0.914. The first-order valence-electron chi connectivity index (χ1n) is 8.13. The molecule has 23 heavy (non-hydrogen) atoms. The molecule has 1 fully saturated rings. The summed E-state index contributed by atoms with van der Waals surface area (Å²) in [5, 5.41) is 1.21. The van der Waals surface area contributed by atoms with Crippen molar-refractivity contribution in [1.82, 2.24) is 9.97 Å². The van der Waals surface area contributed by atoms with Crippen molar-refractivity contribution in [2.45, 2.75) is 13.5 Å². The Labute approximate surface area is 140 Å². The van der Waals surface area contributed by atoms with Crippen molar-refractivity contribution in [2.24, 2.45) is 0 Å². The lowest BCUT2D eigenvalue weighted by Gasteiger charge is -2.33. The second-order valence-corrected chi connectivity index (χ2v) is 7.41. The first-order chi connectivity index (χ1) is 11.3. The van der Waals surface area contributed by atoms with E-state index in [1.54, 1.807) is 22.6 Å². The lowest BCUT2D eigenvalue weighted by Crippen LogP contribution is -3.13. The summed E-state index contributed by atoms with van der Waals surface area (Å²) in [6, 6.07) is 13.0. The van der Waals surface area contributed by atoms with E-state index in [0.717, 1.165) is 43.4 Å². The normalized spacial score (nSPS) is 16.1. The first-order valence-corrected chi connectivity index (χ1v) is 8.95. The molecule has 1 aliphatic rings. The molecule has 1 saturated heterocycles. The quantitative estimate of drug-likeness (QED) is 0.798. The molecule has 0 unspecified atom stereocenters. The monoisotopic (exact) mass is 325 g/mol. The third-order valence-electron chi connectivity index (χ3n) is 4.50. The summed E-state index contributed by atoms with van der Waals surface area (Å²) in [6.07, 6.45) is 1.71. The smallest absolute Gasteiger partial charge is 0.141 e. The Morgan fingerprint density at radius 3 is 2.70 bits per heavy atom. The predicted octanol–water partition coefficient (Wildman–Crippen LogP) is 1.90. The molecule has 0 saturated carbocycles. The average molecular weight is 325 g/mol. The zero-order valence-electron chi connectivity index (χ0n) is 13.3. The maximum Gasteiger partial charge on any atom is 0.141 e. The van der Waals surface area contributed by atoms with Crippen LogP contribution in [0.5, 0.6) is 0 Å². The van der Waals surface area contributed by atoms with E-state index in [1.807, 2.05) is 0 Å². The Hall–Kier alpha value is -1.98. The number of fused-ring (bicyclic) bond motifs is 1. The topological polar surface area (TPSA) is 33.5 Å². The van der Waals surface area contributed by atoms with Crippen LogP contribution in [0.2, 0.25) is 0 Å². The van der Waals surface area contributed by atoms with Gasteiger partial charge in [0.2, 0.25) is 0 Å². The van der Waals surface area contributed by atoms with Gasteiger partial charge in [-0.05, 0) is 13.0 Å². The molecule has 3 heterocycles. The highest BCUT2D eigenvalue weighted by Crippen LogP contribution is 2.29. The SMILES string of the molecule is Cc1cc2c(N3CC[NH+](Cc4ccccc4)CC3)ncnc2s1. The number of piperazine rings is 1. The largest absolute Gasteiger partial charge is 0.345 e. The van der Waals surface area contributed by atoms with Gasteiger partial charge >= 0.3 is 0 Å². The van der Waals surface area contributed by atoms with Crippen LogP contribution in [0.25, 0.3) is 10.2 Å². The Morgan fingerprint density at radius 2 is 1.91 bits per heavy atom. The van der Waals surface area contributed by atoms with Crippen LogP contribution in [-0.2, 0) is 6.54 Å². The summed E-state index contributed by atoms with van der Waals surface area (Å²) in [7, 11) is 0. The Balaban J connectivity index is 1.46. The molecule has 2 aromatic heterocycles. The zero-order chi connectivity index (χ0) is 15.6. The fraction of sp³-hybridized carbons (Fsp3) is 0.333. The van der Waals surface area contributed by atoms with Crippen LogP contribution >= 0.6 is 11.3 Å². The van der Waals surface area contributed by atoms with E-state index in [4.69, 9.17) is 0 Å². The van der Waals surface area contributed by atoms with Gasteiger partial charge < -0.3 is 9.80 Å². The fourth-order valence-electron chi connectivity index (χ4n) is 3.31. The van der Waals surface area contributed by atoms with Crippen molar-refractivity contribution in [3.63, 3.8) is 0 Å². The van der Waals surface area contributed by atoms with Crippen LogP contribution in [0, 0.1) is 6.92 Å². The number of aryl methyl sites for hydroxylation is 1. The molecule has 1 aliphatic heterocycles. The average Bonchev–Trinajstić information content (AvgIpc) is 2.97. The predicted molar refractivity (Wildman–Crippen MR) is 95.2 cm³/mol. The molecule has 0 aliphatic carbocycles. The second-order valence-electron chi connectivity index (χ2n) is 6.17. The van der Waals surface area contributed by atoms with E-state index in [0.29, 0.717) is 0 Å². The van der Waals surface area contributed by atoms with Crippen LogP contribution in [-0.4, -0.2) is 36.1 Å². The maximum atomic E-state index is 4.57. The number of nitrogens with zero attached hydrogens (tertiary/aromatic N) is 3. The molecule has 0 radical (unpaired) electrons. The molecular weight excluding hydrogens is 304 g/mol. The second kappa shape index (κ2) is 6.26. The van der Waals surface area contributed by atoms with Crippen LogP contribution in [0.1, 0.15) is 10.4 Å². The molecule has 0 bridgehead atoms. The number of hydrogen-bond acceptors (Lipinski definition) is 4. The summed E-state index contributed by atoms with van der Waals surface area (Å²) in [5.41, 5.74) is 1.42. The number of aromatic nitrogens is 2. The van der Waals surface area contributed by atoms with E-state index >= 15 is 0 Å². The van der Waals surface area contributed by atoms with Crippen LogP contribution in [0.3, 0.4) is 0 Å². The number of anilines is 1. The van der Waals surface area contributed by atoms with Gasteiger partial charge in [0.15, 0.2) is 0 Å². The van der Waals surface area contributed by atoms with Gasteiger partial charge in [0.05, 0.1) is 31.6 Å². The van der Waals surface area contributed by atoms with Crippen molar-refractivity contribution < 1.29 is 4.90 Å². The van der Waals surface area contributed by atoms with E-state index in [9.17, 15) is 0 Å². The minimum absolute atomic E-state index is 1.06. The summed E-state index contributed by atoms with van der Waals surface area (Å²) < 4.78 is 0. The molecule has 0 atom stereocenters. The van der Waals surface area contributed by atoms with Gasteiger partial charge in [-0.2, -0.15) is 0 Å². The third kappa shape index (κ3) is 3.07. The zero-order valence-corrected chi connectivity index (χ0v) is 14.1. The Kier molecular flexibility index (Phi) is 3.97. The molecule has 0 amide bonds. The van der Waals surface area contributed by atoms with Gasteiger partial charge in [-0.15, -0.1) is 11.3 Å². The van der Waals surface area contributed by atoms with Crippen molar-refractivity contribution in [3.05, 3.63) is 53.2 Å². The van der Waals surface area contributed by atoms with E-state index in [1.165, 1.54) is 15.8 Å². The number of benzene rings is 1. The van der Waals surface area contributed by atoms with Crippen LogP contribution in [0.15, 0.2) is 42.7 Å². The van der Waals surface area contributed by atoms with Gasteiger partial charge in [-0.25, -0.2) is 9.97 Å². The Morgan fingerprint density at radius 1 is 1.13 bits per heavy atom. The number of thiophene rings is 1. The molecule has 1 aromatic carbocycles. The summed E-state index contributed by atoms with van der Waals surface area (Å²) >= 11 is 1.75. The number of rotatable bonds is 3. The minimum atomic E-state index is 1.06. The molecule has 118 valence electrons. The number of hydrogen-bond donors (Lipinski definition) is 1. The van der Waals surface area contributed by atoms with E-state index in [-0.39, 0.29) is 0 Å².